The molecule has 0 aromatic heterocycles. The average Bonchev–Trinajstić information content (AvgIpc) is 2.58. The van der Waals surface area contributed by atoms with Crippen molar-refractivity contribution in [1.29, 1.82) is 0 Å². The predicted octanol–water partition coefficient (Wildman–Crippen LogP) is 2.84. The Labute approximate surface area is 80.1 Å². The van der Waals surface area contributed by atoms with E-state index in [-0.39, 0.29) is 0 Å². The van der Waals surface area contributed by atoms with Crippen LogP contribution in [-0.2, 0) is 4.57 Å². The van der Waals surface area contributed by atoms with Crippen LogP contribution in [0, 0.1) is 0 Å². The first-order chi connectivity index (χ1) is 6.12. The zero-order chi connectivity index (χ0) is 9.90. The van der Waals surface area contributed by atoms with E-state index in [2.05, 4.69) is 5.73 Å². The zero-order valence-corrected chi connectivity index (χ0v) is 9.34. The zero-order valence-electron chi connectivity index (χ0n) is 8.45. The van der Waals surface area contributed by atoms with E-state index in [1.807, 2.05) is 43.4 Å². The summed E-state index contributed by atoms with van der Waals surface area (Å²) >= 11 is 0. The second-order valence-corrected chi connectivity index (χ2v) is 5.88. The maximum absolute atomic E-state index is 12.3. The number of rotatable bonds is 4. The maximum atomic E-state index is 12.3. The molecule has 3 heteroatoms. The summed E-state index contributed by atoms with van der Waals surface area (Å²) in [5.74, 6) is 0. The van der Waals surface area contributed by atoms with Gasteiger partial charge in [-0.2, -0.15) is 0 Å². The van der Waals surface area contributed by atoms with Gasteiger partial charge in [0.25, 0.3) is 0 Å². The molecule has 0 N–H and O–H groups in total. The van der Waals surface area contributed by atoms with Crippen molar-refractivity contribution in [3.05, 3.63) is 29.3 Å². The minimum atomic E-state index is -2.33. The van der Waals surface area contributed by atoms with Crippen LogP contribution in [0.3, 0.4) is 0 Å². The smallest absolute Gasteiger partial charge is 0.183 e. The van der Waals surface area contributed by atoms with Gasteiger partial charge in [-0.05, 0) is 12.2 Å². The largest absolute Gasteiger partial charge is 0.301 e. The Balaban J connectivity index is 2.93. The third kappa shape index (κ3) is 2.03. The second kappa shape index (κ2) is 4.11. The molecule has 1 aliphatic carbocycles. The Hall–Kier alpha value is -0.550. The van der Waals surface area contributed by atoms with Gasteiger partial charge in [0, 0.05) is 19.8 Å². The van der Waals surface area contributed by atoms with Crippen molar-refractivity contribution in [1.82, 2.24) is 4.67 Å². The Kier molecular flexibility index (Phi) is 3.33. The minimum Gasteiger partial charge on any atom is -0.301 e. The molecule has 0 aromatic rings. The van der Waals surface area contributed by atoms with Crippen LogP contribution in [0.2, 0.25) is 0 Å². The molecule has 0 fully saturated rings. The SMILES string of the molecule is CCN(CC)P(C)(=O)C1=C=CC=C1. The topological polar surface area (TPSA) is 20.3 Å². The number of hydrogen-bond acceptors (Lipinski definition) is 1. The lowest BCUT2D eigenvalue weighted by Gasteiger charge is -2.26. The standard InChI is InChI=1S/C10H16NOP/c1-4-11(5-2)13(3,12)10-8-6-7-9-10/h6-8H,4-5H2,1-3H3. The molecule has 72 valence electrons. The second-order valence-electron chi connectivity index (χ2n) is 3.07. The molecule has 0 radical (unpaired) electrons. The molecule has 1 rings (SSSR count). The van der Waals surface area contributed by atoms with Crippen molar-refractivity contribution < 1.29 is 4.57 Å². The number of allylic oxidation sites excluding steroid dienone is 3. The normalized spacial score (nSPS) is 19.2. The van der Waals surface area contributed by atoms with Crippen LogP contribution in [0.5, 0.6) is 0 Å². The summed E-state index contributed by atoms with van der Waals surface area (Å²) in [5, 5.41) is 0.844. The molecule has 2 nitrogen and oxygen atoms in total. The third-order valence-corrected chi connectivity index (χ3v) is 5.12. The monoisotopic (exact) mass is 197 g/mol. The summed E-state index contributed by atoms with van der Waals surface area (Å²) < 4.78 is 14.3. The van der Waals surface area contributed by atoms with Crippen LogP contribution in [-0.4, -0.2) is 24.4 Å². The van der Waals surface area contributed by atoms with Gasteiger partial charge in [-0.25, -0.2) is 4.67 Å². The summed E-state index contributed by atoms with van der Waals surface area (Å²) in [7, 11) is -2.33. The maximum Gasteiger partial charge on any atom is 0.183 e. The van der Waals surface area contributed by atoms with E-state index in [4.69, 9.17) is 0 Å². The Morgan fingerprint density at radius 1 is 1.46 bits per heavy atom. The molecule has 0 bridgehead atoms. The van der Waals surface area contributed by atoms with E-state index < -0.39 is 7.29 Å². The molecule has 0 amide bonds. The van der Waals surface area contributed by atoms with Crippen molar-refractivity contribution in [3.8, 4) is 0 Å². The lowest BCUT2D eigenvalue weighted by molar-refractivity contribution is 0.453. The van der Waals surface area contributed by atoms with Crippen molar-refractivity contribution in [2.45, 2.75) is 13.8 Å². The average molecular weight is 197 g/mol. The number of hydrogen-bond donors (Lipinski definition) is 0. The summed E-state index contributed by atoms with van der Waals surface area (Å²) in [4.78, 5) is 0. The highest BCUT2D eigenvalue weighted by molar-refractivity contribution is 7.65. The van der Waals surface area contributed by atoms with Crippen molar-refractivity contribution in [3.63, 3.8) is 0 Å². The molecule has 13 heavy (non-hydrogen) atoms. The summed E-state index contributed by atoms with van der Waals surface area (Å²) in [6, 6.07) is 0. The van der Waals surface area contributed by atoms with Crippen LogP contribution in [0.15, 0.2) is 29.3 Å². The molecule has 1 aliphatic rings. The Morgan fingerprint density at radius 2 is 2.08 bits per heavy atom. The van der Waals surface area contributed by atoms with Gasteiger partial charge in [-0.15, -0.1) is 5.73 Å². The van der Waals surface area contributed by atoms with E-state index in [0.29, 0.717) is 0 Å². The summed E-state index contributed by atoms with van der Waals surface area (Å²) in [5.41, 5.74) is 3.02. The highest BCUT2D eigenvalue weighted by Crippen LogP contribution is 2.54. The van der Waals surface area contributed by atoms with Gasteiger partial charge in [-0.3, -0.25) is 0 Å². The van der Waals surface area contributed by atoms with E-state index in [9.17, 15) is 4.57 Å². The first-order valence-corrected chi connectivity index (χ1v) is 6.70. The molecule has 0 aromatic carbocycles. The molecule has 0 aliphatic heterocycles. The summed E-state index contributed by atoms with van der Waals surface area (Å²) in [6.45, 7) is 7.52. The van der Waals surface area contributed by atoms with Gasteiger partial charge >= 0.3 is 0 Å². The fourth-order valence-corrected chi connectivity index (χ4v) is 3.56. The highest BCUT2D eigenvalue weighted by atomic mass is 31.2. The molecule has 0 saturated heterocycles. The Morgan fingerprint density at radius 3 is 2.46 bits per heavy atom. The predicted molar refractivity (Wildman–Crippen MR) is 57.2 cm³/mol. The van der Waals surface area contributed by atoms with E-state index in [1.165, 1.54) is 0 Å². The van der Waals surface area contributed by atoms with E-state index in [1.54, 1.807) is 0 Å². The van der Waals surface area contributed by atoms with Crippen LogP contribution in [0.25, 0.3) is 0 Å². The van der Waals surface area contributed by atoms with E-state index >= 15 is 0 Å². The van der Waals surface area contributed by atoms with Gasteiger partial charge in [0.1, 0.15) is 0 Å². The van der Waals surface area contributed by atoms with Crippen LogP contribution in [0.4, 0.5) is 0 Å². The van der Waals surface area contributed by atoms with Crippen LogP contribution >= 0.6 is 7.29 Å². The van der Waals surface area contributed by atoms with Gasteiger partial charge < -0.3 is 4.57 Å². The van der Waals surface area contributed by atoms with Gasteiger partial charge in [0.15, 0.2) is 7.29 Å². The fraction of sp³-hybridized carbons (Fsp3) is 0.500. The van der Waals surface area contributed by atoms with Crippen molar-refractivity contribution in [2.24, 2.45) is 0 Å². The van der Waals surface area contributed by atoms with Crippen molar-refractivity contribution >= 4 is 7.29 Å². The van der Waals surface area contributed by atoms with Gasteiger partial charge in [-0.1, -0.05) is 19.9 Å². The van der Waals surface area contributed by atoms with Crippen LogP contribution in [0.1, 0.15) is 13.8 Å². The molecular weight excluding hydrogens is 181 g/mol. The minimum absolute atomic E-state index is 0.823. The van der Waals surface area contributed by atoms with Gasteiger partial charge in [0.05, 0.1) is 5.31 Å². The molecule has 0 heterocycles. The lowest BCUT2D eigenvalue weighted by atomic mass is 10.6. The molecule has 1 atom stereocenters. The highest BCUT2D eigenvalue weighted by Gasteiger charge is 2.26. The fourth-order valence-electron chi connectivity index (χ4n) is 1.49. The quantitative estimate of drug-likeness (QED) is 0.510. The number of nitrogens with zero attached hydrogens (tertiary/aromatic N) is 1. The summed E-state index contributed by atoms with van der Waals surface area (Å²) in [6.07, 6.45) is 5.59. The molecule has 1 unspecified atom stereocenters. The lowest BCUT2D eigenvalue weighted by Crippen LogP contribution is -2.19. The van der Waals surface area contributed by atoms with Gasteiger partial charge in [0.2, 0.25) is 0 Å². The van der Waals surface area contributed by atoms with Crippen molar-refractivity contribution in [2.75, 3.05) is 19.8 Å². The molecule has 0 spiro atoms. The van der Waals surface area contributed by atoms with Crippen LogP contribution < -0.4 is 0 Å². The van der Waals surface area contributed by atoms with E-state index in [0.717, 1.165) is 18.4 Å². The third-order valence-electron chi connectivity index (χ3n) is 2.30. The molecule has 0 saturated carbocycles. The first-order valence-electron chi connectivity index (χ1n) is 4.59. The molecular formula is C10H16NOP. The first kappa shape index (κ1) is 10.5. The Bertz CT molecular complexity index is 320.